The zero-order valence-electron chi connectivity index (χ0n) is 12.0. The summed E-state index contributed by atoms with van der Waals surface area (Å²) in [5.41, 5.74) is 1.08. The Bertz CT molecular complexity index is 573. The minimum Gasteiger partial charge on any atom is -0.494 e. The van der Waals surface area contributed by atoms with Crippen molar-refractivity contribution < 1.29 is 23.8 Å². The number of carbonyl (C=O) groups is 2. The molecule has 114 valence electrons. The number of carboxylic acid groups (broad SMARTS) is 1. The van der Waals surface area contributed by atoms with Gasteiger partial charge in [-0.2, -0.15) is 0 Å². The molecule has 1 aliphatic carbocycles. The third-order valence-electron chi connectivity index (χ3n) is 3.91. The van der Waals surface area contributed by atoms with Crippen molar-refractivity contribution in [1.29, 1.82) is 0 Å². The monoisotopic (exact) mass is 295 g/mol. The Labute approximate surface area is 122 Å². The van der Waals surface area contributed by atoms with E-state index >= 15 is 0 Å². The molecular formula is C15H18FNO4. The molecule has 0 unspecified atom stereocenters. The average Bonchev–Trinajstić information content (AvgIpc) is 2.92. The highest BCUT2D eigenvalue weighted by Crippen LogP contribution is 2.33. The molecule has 0 aliphatic heterocycles. The second kappa shape index (κ2) is 6.11. The number of nitrogens with one attached hydrogen (secondary N) is 1. The molecule has 1 aliphatic rings. The van der Waals surface area contributed by atoms with Crippen LogP contribution in [0, 0.1) is 24.6 Å². The zero-order chi connectivity index (χ0) is 15.6. The fourth-order valence-corrected chi connectivity index (χ4v) is 2.62. The Hall–Kier alpha value is -2.11. The lowest BCUT2D eigenvalue weighted by Crippen LogP contribution is -2.22. The predicted molar refractivity (Wildman–Crippen MR) is 74.8 cm³/mol. The van der Waals surface area contributed by atoms with Crippen LogP contribution < -0.4 is 10.1 Å². The number of benzene rings is 1. The minimum absolute atomic E-state index is 0.123. The third kappa shape index (κ3) is 3.32. The molecule has 1 fully saturated rings. The lowest BCUT2D eigenvalue weighted by atomic mass is 10.0. The van der Waals surface area contributed by atoms with Crippen molar-refractivity contribution in [1.82, 2.24) is 0 Å². The number of ether oxygens (including phenoxy) is 1. The number of amides is 1. The van der Waals surface area contributed by atoms with Gasteiger partial charge in [-0.25, -0.2) is 4.39 Å². The molecule has 21 heavy (non-hydrogen) atoms. The third-order valence-corrected chi connectivity index (χ3v) is 3.91. The first-order chi connectivity index (χ1) is 9.92. The van der Waals surface area contributed by atoms with Crippen molar-refractivity contribution >= 4 is 17.6 Å². The molecule has 0 radical (unpaired) electrons. The van der Waals surface area contributed by atoms with Crippen LogP contribution in [0.25, 0.3) is 0 Å². The minimum atomic E-state index is -0.864. The quantitative estimate of drug-likeness (QED) is 0.895. The number of carboxylic acids is 1. The van der Waals surface area contributed by atoms with Gasteiger partial charge < -0.3 is 15.2 Å². The summed E-state index contributed by atoms with van der Waals surface area (Å²) in [6.07, 6.45) is 1.38. The highest BCUT2D eigenvalue weighted by Gasteiger charge is 2.34. The van der Waals surface area contributed by atoms with Gasteiger partial charge in [0.2, 0.25) is 5.91 Å². The van der Waals surface area contributed by atoms with Crippen molar-refractivity contribution in [2.45, 2.75) is 26.2 Å². The first kappa shape index (κ1) is 15.3. The number of halogens is 1. The maximum Gasteiger partial charge on any atom is 0.306 e. The lowest BCUT2D eigenvalue weighted by molar-refractivity contribution is -0.141. The number of methoxy groups -OCH3 is 1. The van der Waals surface area contributed by atoms with E-state index in [0.717, 1.165) is 0 Å². The highest BCUT2D eigenvalue weighted by atomic mass is 19.1. The molecule has 6 heteroatoms. The largest absolute Gasteiger partial charge is 0.494 e. The van der Waals surface area contributed by atoms with Crippen LogP contribution in [0.2, 0.25) is 0 Å². The van der Waals surface area contributed by atoms with E-state index < -0.39 is 17.7 Å². The topological polar surface area (TPSA) is 75.6 Å². The van der Waals surface area contributed by atoms with E-state index in [1.807, 2.05) is 0 Å². The Morgan fingerprint density at radius 1 is 1.33 bits per heavy atom. The molecule has 2 N–H and O–H groups in total. The molecule has 1 amide bonds. The summed E-state index contributed by atoms with van der Waals surface area (Å²) >= 11 is 0. The van der Waals surface area contributed by atoms with Crippen LogP contribution in [-0.4, -0.2) is 24.1 Å². The molecule has 1 saturated carbocycles. The molecule has 0 spiro atoms. The average molecular weight is 295 g/mol. The fourth-order valence-electron chi connectivity index (χ4n) is 2.62. The first-order valence-electron chi connectivity index (χ1n) is 6.80. The van der Waals surface area contributed by atoms with Gasteiger partial charge in [0.15, 0.2) is 11.6 Å². The second-order valence-corrected chi connectivity index (χ2v) is 5.34. The first-order valence-corrected chi connectivity index (χ1v) is 6.80. The molecule has 2 atom stereocenters. The van der Waals surface area contributed by atoms with E-state index in [9.17, 15) is 14.0 Å². The molecule has 2 rings (SSSR count). The molecule has 1 aromatic carbocycles. The van der Waals surface area contributed by atoms with Crippen molar-refractivity contribution in [2.24, 2.45) is 11.8 Å². The molecule has 1 aromatic rings. The number of aliphatic carboxylic acids is 1. The van der Waals surface area contributed by atoms with E-state index in [-0.39, 0.29) is 17.6 Å². The number of carbonyl (C=O) groups excluding carboxylic acids is 1. The number of hydrogen-bond acceptors (Lipinski definition) is 3. The van der Waals surface area contributed by atoms with Gasteiger partial charge in [0.25, 0.3) is 0 Å². The molecule has 0 aromatic heterocycles. The maximum atomic E-state index is 13.7. The molecule has 0 saturated heterocycles. The summed E-state index contributed by atoms with van der Waals surface area (Å²) in [7, 11) is 1.38. The Morgan fingerprint density at radius 3 is 2.57 bits per heavy atom. The fraction of sp³-hybridized carbons (Fsp3) is 0.467. The second-order valence-electron chi connectivity index (χ2n) is 5.34. The highest BCUT2D eigenvalue weighted by molar-refractivity contribution is 5.94. The van der Waals surface area contributed by atoms with Crippen LogP contribution in [0.5, 0.6) is 5.75 Å². The van der Waals surface area contributed by atoms with Gasteiger partial charge in [-0.3, -0.25) is 9.59 Å². The van der Waals surface area contributed by atoms with Crippen molar-refractivity contribution in [3.8, 4) is 5.75 Å². The zero-order valence-corrected chi connectivity index (χ0v) is 12.0. The van der Waals surface area contributed by atoms with Gasteiger partial charge in [-0.05, 0) is 37.8 Å². The van der Waals surface area contributed by atoms with Crippen molar-refractivity contribution in [3.05, 3.63) is 23.5 Å². The van der Waals surface area contributed by atoms with Crippen LogP contribution in [0.15, 0.2) is 12.1 Å². The summed E-state index contributed by atoms with van der Waals surface area (Å²) in [4.78, 5) is 23.0. The van der Waals surface area contributed by atoms with E-state index in [4.69, 9.17) is 9.84 Å². The van der Waals surface area contributed by atoms with Gasteiger partial charge in [0.1, 0.15) is 0 Å². The van der Waals surface area contributed by atoms with Gasteiger partial charge in [-0.15, -0.1) is 0 Å². The van der Waals surface area contributed by atoms with E-state index in [0.29, 0.717) is 30.5 Å². The number of anilines is 1. The summed E-state index contributed by atoms with van der Waals surface area (Å²) in [5, 5.41) is 11.6. The van der Waals surface area contributed by atoms with Gasteiger partial charge >= 0.3 is 5.97 Å². The van der Waals surface area contributed by atoms with Crippen LogP contribution in [-0.2, 0) is 9.59 Å². The Kier molecular flexibility index (Phi) is 4.45. The summed E-state index contributed by atoms with van der Waals surface area (Å²) in [6.45, 7) is 1.74. The Balaban J connectivity index is 2.07. The summed E-state index contributed by atoms with van der Waals surface area (Å²) in [5.74, 6) is -2.35. The SMILES string of the molecule is COc1cc(C)c(NC(=O)[C@@H]2CC[C@H](C(=O)O)C2)cc1F. The molecular weight excluding hydrogens is 277 g/mol. The Morgan fingerprint density at radius 2 is 2.00 bits per heavy atom. The standard InChI is InChI=1S/C15H18FNO4/c1-8-5-13(21-2)11(16)7-12(8)17-14(18)9-3-4-10(6-9)15(19)20/h5,7,9-10H,3-4,6H2,1-2H3,(H,17,18)(H,19,20)/t9-,10+/m1/s1. The van der Waals surface area contributed by atoms with Crippen LogP contribution >= 0.6 is 0 Å². The van der Waals surface area contributed by atoms with Crippen molar-refractivity contribution in [3.63, 3.8) is 0 Å². The van der Waals surface area contributed by atoms with E-state index in [1.165, 1.54) is 19.2 Å². The van der Waals surface area contributed by atoms with Gasteiger partial charge in [0, 0.05) is 17.7 Å². The summed E-state index contributed by atoms with van der Waals surface area (Å²) < 4.78 is 18.5. The van der Waals surface area contributed by atoms with Gasteiger partial charge in [-0.1, -0.05) is 0 Å². The predicted octanol–water partition coefficient (Wildman–Crippen LogP) is 2.58. The van der Waals surface area contributed by atoms with Crippen molar-refractivity contribution in [2.75, 3.05) is 12.4 Å². The van der Waals surface area contributed by atoms with E-state index in [1.54, 1.807) is 6.92 Å². The number of rotatable bonds is 4. The van der Waals surface area contributed by atoms with Crippen LogP contribution in [0.4, 0.5) is 10.1 Å². The molecule has 5 nitrogen and oxygen atoms in total. The number of aryl methyl sites for hydroxylation is 1. The number of hydrogen-bond donors (Lipinski definition) is 2. The lowest BCUT2D eigenvalue weighted by Gasteiger charge is -2.14. The van der Waals surface area contributed by atoms with Crippen LogP contribution in [0.3, 0.4) is 0 Å². The molecule has 0 heterocycles. The van der Waals surface area contributed by atoms with E-state index in [2.05, 4.69) is 5.32 Å². The maximum absolute atomic E-state index is 13.7. The normalized spacial score (nSPS) is 21.1. The van der Waals surface area contributed by atoms with Crippen LogP contribution in [0.1, 0.15) is 24.8 Å². The summed E-state index contributed by atoms with van der Waals surface area (Å²) in [6, 6.07) is 2.73. The van der Waals surface area contributed by atoms with Gasteiger partial charge in [0.05, 0.1) is 13.0 Å². The molecule has 0 bridgehead atoms. The smallest absolute Gasteiger partial charge is 0.306 e.